The molecule has 0 aliphatic heterocycles. The molecule has 2 amide bonds. The lowest BCUT2D eigenvalue weighted by Gasteiger charge is -2.36. The smallest absolute Gasteiger partial charge is 0.243 e. The summed E-state index contributed by atoms with van der Waals surface area (Å²) in [7, 11) is 0. The molecule has 0 radical (unpaired) electrons. The highest BCUT2D eigenvalue weighted by Crippen LogP contribution is 2.29. The Morgan fingerprint density at radius 2 is 1.58 bits per heavy atom. The first-order valence-corrected chi connectivity index (χ1v) is 10.0. The van der Waals surface area contributed by atoms with E-state index >= 15 is 0 Å². The van der Waals surface area contributed by atoms with Gasteiger partial charge in [-0.15, -0.1) is 0 Å². The lowest BCUT2D eigenvalue weighted by molar-refractivity contribution is -0.133. The summed E-state index contributed by atoms with van der Waals surface area (Å²) in [6.45, 7) is 8.53. The van der Waals surface area contributed by atoms with E-state index < -0.39 is 6.04 Å². The molecule has 2 saturated carbocycles. The molecule has 0 saturated heterocycles. The Morgan fingerprint density at radius 1 is 0.917 bits per heavy atom. The predicted molar refractivity (Wildman–Crippen MR) is 97.5 cm³/mol. The fourth-order valence-electron chi connectivity index (χ4n) is 4.23. The van der Waals surface area contributed by atoms with Crippen LogP contribution in [0, 0.1) is 23.7 Å². The van der Waals surface area contributed by atoms with Crippen LogP contribution in [-0.4, -0.2) is 23.9 Å². The topological polar surface area (TPSA) is 58.2 Å². The molecule has 4 heteroatoms. The Balaban J connectivity index is 1.93. The average Bonchev–Trinajstić information content (AvgIpc) is 2.57. The molecule has 0 aromatic heterocycles. The average molecular weight is 337 g/mol. The third-order valence-electron chi connectivity index (χ3n) is 6.26. The van der Waals surface area contributed by atoms with Gasteiger partial charge in [-0.3, -0.25) is 9.59 Å². The quantitative estimate of drug-likeness (QED) is 0.805. The van der Waals surface area contributed by atoms with E-state index in [1.165, 1.54) is 19.3 Å². The van der Waals surface area contributed by atoms with Gasteiger partial charge in [-0.1, -0.05) is 59.8 Å². The Hall–Kier alpha value is -1.06. The molecule has 0 spiro atoms. The van der Waals surface area contributed by atoms with Crippen LogP contribution in [-0.2, 0) is 9.59 Å². The van der Waals surface area contributed by atoms with Crippen molar-refractivity contribution >= 4 is 11.8 Å². The molecule has 2 rings (SSSR count). The van der Waals surface area contributed by atoms with Crippen molar-refractivity contribution in [1.29, 1.82) is 0 Å². The van der Waals surface area contributed by atoms with Gasteiger partial charge in [0.15, 0.2) is 0 Å². The zero-order chi connectivity index (χ0) is 17.7. The van der Waals surface area contributed by atoms with Gasteiger partial charge < -0.3 is 10.6 Å². The zero-order valence-electron chi connectivity index (χ0n) is 15.9. The Bertz CT molecular complexity index is 429. The molecular weight excluding hydrogens is 300 g/mol. The highest BCUT2D eigenvalue weighted by Gasteiger charge is 2.33. The molecule has 0 aromatic carbocycles. The molecule has 0 aromatic rings. The molecule has 4 atom stereocenters. The number of amides is 2. The first-order valence-electron chi connectivity index (χ1n) is 10.0. The first-order chi connectivity index (χ1) is 11.4. The van der Waals surface area contributed by atoms with Crippen molar-refractivity contribution < 1.29 is 9.59 Å². The van der Waals surface area contributed by atoms with Gasteiger partial charge in [-0.25, -0.2) is 0 Å². The lowest BCUT2D eigenvalue weighted by Crippen LogP contribution is -2.55. The van der Waals surface area contributed by atoms with Gasteiger partial charge >= 0.3 is 0 Å². The van der Waals surface area contributed by atoms with Gasteiger partial charge in [0.2, 0.25) is 11.8 Å². The molecule has 0 heterocycles. The van der Waals surface area contributed by atoms with Crippen LogP contribution < -0.4 is 10.6 Å². The maximum Gasteiger partial charge on any atom is 0.243 e. The number of carbonyl (C=O) groups excluding carboxylic acids is 2. The van der Waals surface area contributed by atoms with E-state index in [1.54, 1.807) is 0 Å². The van der Waals surface area contributed by atoms with Crippen molar-refractivity contribution in [3.63, 3.8) is 0 Å². The number of hydrogen-bond acceptors (Lipinski definition) is 2. The highest BCUT2D eigenvalue weighted by molar-refractivity contribution is 5.88. The standard InChI is InChI=1S/C20H36N2O2/c1-13(2)18(22-19(23)16-10-6-5-7-11-16)20(24)21-17-12-8-9-14(3)15(17)4/h13-18H,5-12H2,1-4H3,(H,21,24)(H,22,23)/t14-,15-,17-,18+/m1/s1. The van der Waals surface area contributed by atoms with Gasteiger partial charge in [-0.2, -0.15) is 0 Å². The molecule has 2 fully saturated rings. The molecule has 2 aliphatic carbocycles. The normalized spacial score (nSPS) is 30.0. The van der Waals surface area contributed by atoms with Crippen molar-refractivity contribution in [2.24, 2.45) is 23.7 Å². The van der Waals surface area contributed by atoms with E-state index in [1.807, 2.05) is 13.8 Å². The van der Waals surface area contributed by atoms with E-state index in [0.717, 1.165) is 32.1 Å². The Labute approximate surface area is 147 Å². The van der Waals surface area contributed by atoms with E-state index in [2.05, 4.69) is 24.5 Å². The summed E-state index contributed by atoms with van der Waals surface area (Å²) in [5.74, 6) is 1.44. The molecule has 2 aliphatic rings. The summed E-state index contributed by atoms with van der Waals surface area (Å²) in [5, 5.41) is 6.29. The van der Waals surface area contributed by atoms with Crippen LogP contribution in [0.1, 0.15) is 79.1 Å². The van der Waals surface area contributed by atoms with E-state index in [4.69, 9.17) is 0 Å². The Morgan fingerprint density at radius 3 is 2.21 bits per heavy atom. The molecule has 138 valence electrons. The van der Waals surface area contributed by atoms with E-state index in [9.17, 15) is 9.59 Å². The summed E-state index contributed by atoms with van der Waals surface area (Å²) in [6, 6.07) is -0.169. The molecule has 24 heavy (non-hydrogen) atoms. The second kappa shape index (κ2) is 8.87. The zero-order valence-corrected chi connectivity index (χ0v) is 15.9. The van der Waals surface area contributed by atoms with E-state index in [0.29, 0.717) is 11.8 Å². The predicted octanol–water partition coefficient (Wildman–Crippen LogP) is 3.65. The fraction of sp³-hybridized carbons (Fsp3) is 0.900. The van der Waals surface area contributed by atoms with Crippen molar-refractivity contribution in [1.82, 2.24) is 10.6 Å². The minimum absolute atomic E-state index is 0.000101. The molecular formula is C20H36N2O2. The maximum absolute atomic E-state index is 12.8. The first kappa shape index (κ1) is 19.3. The number of hydrogen-bond donors (Lipinski definition) is 2. The highest BCUT2D eigenvalue weighted by atomic mass is 16.2. The number of nitrogens with one attached hydrogen (secondary N) is 2. The monoisotopic (exact) mass is 336 g/mol. The van der Waals surface area contributed by atoms with Crippen LogP contribution in [0.2, 0.25) is 0 Å². The summed E-state index contributed by atoms with van der Waals surface area (Å²) in [5.41, 5.74) is 0. The Kier molecular flexibility index (Phi) is 7.12. The van der Waals surface area contributed by atoms with Crippen LogP contribution in [0.15, 0.2) is 0 Å². The van der Waals surface area contributed by atoms with Crippen molar-refractivity contribution in [3.05, 3.63) is 0 Å². The SMILES string of the molecule is CC(C)[C@H](NC(=O)C1CCCCC1)C(=O)N[C@@H]1CCC[C@@H](C)[C@H]1C. The molecule has 0 unspecified atom stereocenters. The number of rotatable bonds is 5. The molecule has 4 nitrogen and oxygen atoms in total. The third-order valence-corrected chi connectivity index (χ3v) is 6.26. The largest absolute Gasteiger partial charge is 0.351 e. The summed E-state index contributed by atoms with van der Waals surface area (Å²) >= 11 is 0. The van der Waals surface area contributed by atoms with Crippen LogP contribution >= 0.6 is 0 Å². The second-order valence-electron chi connectivity index (χ2n) is 8.45. The van der Waals surface area contributed by atoms with Gasteiger partial charge in [0, 0.05) is 12.0 Å². The van der Waals surface area contributed by atoms with Crippen molar-refractivity contribution in [3.8, 4) is 0 Å². The van der Waals surface area contributed by atoms with Gasteiger partial charge in [0.05, 0.1) is 0 Å². The maximum atomic E-state index is 12.8. The van der Waals surface area contributed by atoms with Crippen LogP contribution in [0.25, 0.3) is 0 Å². The van der Waals surface area contributed by atoms with Gasteiger partial charge in [-0.05, 0) is 37.0 Å². The van der Waals surface area contributed by atoms with Crippen LogP contribution in [0.4, 0.5) is 0 Å². The summed E-state index contributed by atoms with van der Waals surface area (Å²) in [4.78, 5) is 25.3. The minimum Gasteiger partial charge on any atom is -0.351 e. The summed E-state index contributed by atoms with van der Waals surface area (Å²) in [6.07, 6.45) is 8.91. The summed E-state index contributed by atoms with van der Waals surface area (Å²) < 4.78 is 0. The number of carbonyl (C=O) groups is 2. The fourth-order valence-corrected chi connectivity index (χ4v) is 4.23. The van der Waals surface area contributed by atoms with Crippen molar-refractivity contribution in [2.45, 2.75) is 91.1 Å². The van der Waals surface area contributed by atoms with Crippen LogP contribution in [0.5, 0.6) is 0 Å². The van der Waals surface area contributed by atoms with Crippen LogP contribution in [0.3, 0.4) is 0 Å². The third kappa shape index (κ3) is 4.97. The van der Waals surface area contributed by atoms with Gasteiger partial charge in [0.1, 0.15) is 6.04 Å². The molecule has 0 bridgehead atoms. The minimum atomic E-state index is -0.413. The van der Waals surface area contributed by atoms with E-state index in [-0.39, 0.29) is 29.7 Å². The molecule has 2 N–H and O–H groups in total. The lowest BCUT2D eigenvalue weighted by atomic mass is 9.78. The second-order valence-corrected chi connectivity index (χ2v) is 8.45. The van der Waals surface area contributed by atoms with Crippen molar-refractivity contribution in [2.75, 3.05) is 0 Å². The van der Waals surface area contributed by atoms with Gasteiger partial charge in [0.25, 0.3) is 0 Å².